The molecule has 0 spiro atoms. The van der Waals surface area contributed by atoms with Crippen molar-refractivity contribution >= 4 is 10.8 Å². The quantitative estimate of drug-likeness (QED) is 0.826. The van der Waals surface area contributed by atoms with Gasteiger partial charge in [-0.3, -0.25) is 4.98 Å². The van der Waals surface area contributed by atoms with E-state index in [-0.39, 0.29) is 12.1 Å². The largest absolute Gasteiger partial charge is 0.385 e. The first kappa shape index (κ1) is 12.3. The summed E-state index contributed by atoms with van der Waals surface area (Å²) >= 11 is 0. The Bertz CT molecular complexity index is 626. The summed E-state index contributed by atoms with van der Waals surface area (Å²) in [5.41, 5.74) is 0.217. The number of aliphatic hydroxyl groups is 1. The predicted molar refractivity (Wildman–Crippen MR) is 76.4 cm³/mol. The molecule has 2 atom stereocenters. The number of fused-ring (bicyclic) bond motifs is 3. The van der Waals surface area contributed by atoms with Gasteiger partial charge in [0, 0.05) is 29.9 Å². The SMILES string of the molecule is OC1(c2cccc3ccncc23)CC2COCC(C1)N2. The summed E-state index contributed by atoms with van der Waals surface area (Å²) in [6, 6.07) is 8.58. The molecule has 1 aromatic heterocycles. The van der Waals surface area contributed by atoms with Crippen molar-refractivity contribution in [2.24, 2.45) is 0 Å². The van der Waals surface area contributed by atoms with E-state index in [9.17, 15) is 5.11 Å². The zero-order valence-electron chi connectivity index (χ0n) is 11.2. The van der Waals surface area contributed by atoms with Gasteiger partial charge in [0.1, 0.15) is 0 Å². The number of nitrogens with one attached hydrogen (secondary N) is 1. The topological polar surface area (TPSA) is 54.4 Å². The zero-order valence-corrected chi connectivity index (χ0v) is 11.2. The van der Waals surface area contributed by atoms with Crippen molar-refractivity contribution in [3.8, 4) is 0 Å². The Morgan fingerprint density at radius 1 is 1.20 bits per heavy atom. The molecule has 2 saturated heterocycles. The number of hydrogen-bond donors (Lipinski definition) is 2. The van der Waals surface area contributed by atoms with Crippen molar-refractivity contribution in [3.05, 3.63) is 42.2 Å². The maximum Gasteiger partial charge on any atom is 0.0934 e. The van der Waals surface area contributed by atoms with Gasteiger partial charge in [-0.15, -0.1) is 0 Å². The minimum Gasteiger partial charge on any atom is -0.385 e. The van der Waals surface area contributed by atoms with Crippen LogP contribution < -0.4 is 5.32 Å². The van der Waals surface area contributed by atoms with Crippen LogP contribution in [0.4, 0.5) is 0 Å². The van der Waals surface area contributed by atoms with E-state index in [2.05, 4.69) is 16.4 Å². The van der Waals surface area contributed by atoms with E-state index in [1.165, 1.54) is 0 Å². The molecule has 20 heavy (non-hydrogen) atoms. The molecule has 2 N–H and O–H groups in total. The first-order valence-electron chi connectivity index (χ1n) is 7.14. The lowest BCUT2D eigenvalue weighted by atomic mass is 9.77. The van der Waals surface area contributed by atoms with Crippen LogP contribution in [0.15, 0.2) is 36.7 Å². The Kier molecular flexibility index (Phi) is 2.77. The number of hydrogen-bond acceptors (Lipinski definition) is 4. The van der Waals surface area contributed by atoms with Gasteiger partial charge in [0.15, 0.2) is 0 Å². The Hall–Kier alpha value is -1.49. The van der Waals surface area contributed by atoms with Crippen LogP contribution in [0.5, 0.6) is 0 Å². The molecule has 0 saturated carbocycles. The molecule has 4 heteroatoms. The summed E-state index contributed by atoms with van der Waals surface area (Å²) in [4.78, 5) is 4.22. The fraction of sp³-hybridized carbons (Fsp3) is 0.438. The molecule has 2 aromatic rings. The smallest absolute Gasteiger partial charge is 0.0934 e. The first-order chi connectivity index (χ1) is 9.74. The van der Waals surface area contributed by atoms with Crippen LogP contribution >= 0.6 is 0 Å². The van der Waals surface area contributed by atoms with Gasteiger partial charge in [-0.2, -0.15) is 0 Å². The lowest BCUT2D eigenvalue weighted by Crippen LogP contribution is -2.58. The molecule has 0 radical (unpaired) electrons. The lowest BCUT2D eigenvalue weighted by Gasteiger charge is -2.45. The van der Waals surface area contributed by atoms with Gasteiger partial charge in [0.2, 0.25) is 0 Å². The van der Waals surface area contributed by atoms with E-state index >= 15 is 0 Å². The number of piperidine rings is 1. The molecular formula is C16H18N2O2. The summed E-state index contributed by atoms with van der Waals surface area (Å²) in [6.07, 6.45) is 5.03. The molecule has 3 heterocycles. The van der Waals surface area contributed by atoms with Crippen LogP contribution in [0.25, 0.3) is 10.8 Å². The van der Waals surface area contributed by atoms with E-state index in [1.807, 2.05) is 24.4 Å². The van der Waals surface area contributed by atoms with Gasteiger partial charge < -0.3 is 15.2 Å². The zero-order chi connectivity index (χ0) is 13.6. The number of rotatable bonds is 1. The van der Waals surface area contributed by atoms with Crippen molar-refractivity contribution in [3.63, 3.8) is 0 Å². The van der Waals surface area contributed by atoms with E-state index < -0.39 is 5.60 Å². The van der Waals surface area contributed by atoms with Crippen molar-refractivity contribution in [2.45, 2.75) is 30.5 Å². The molecule has 2 fully saturated rings. The molecule has 1 aromatic carbocycles. The van der Waals surface area contributed by atoms with Crippen molar-refractivity contribution < 1.29 is 9.84 Å². The van der Waals surface area contributed by atoms with Crippen LogP contribution in [0.1, 0.15) is 18.4 Å². The van der Waals surface area contributed by atoms with Gasteiger partial charge in [-0.05, 0) is 29.9 Å². The van der Waals surface area contributed by atoms with Gasteiger partial charge in [-0.1, -0.05) is 18.2 Å². The molecule has 2 aliphatic rings. The predicted octanol–water partition coefficient (Wildman–Crippen LogP) is 1.57. The van der Waals surface area contributed by atoms with Crippen LogP contribution in [0, 0.1) is 0 Å². The third-order valence-corrected chi connectivity index (χ3v) is 4.46. The van der Waals surface area contributed by atoms with Crippen LogP contribution in [-0.2, 0) is 10.3 Å². The van der Waals surface area contributed by atoms with Crippen LogP contribution in [0.3, 0.4) is 0 Å². The Morgan fingerprint density at radius 2 is 2.00 bits per heavy atom. The van der Waals surface area contributed by atoms with Crippen molar-refractivity contribution in [2.75, 3.05) is 13.2 Å². The standard InChI is InChI=1S/C16H18N2O2/c19-16(6-12-9-20-10-13(7-16)18-12)15-3-1-2-11-4-5-17-8-14(11)15/h1-5,8,12-13,18-19H,6-7,9-10H2. The number of nitrogens with zero attached hydrogens (tertiary/aromatic N) is 1. The molecule has 104 valence electrons. The second kappa shape index (κ2) is 4.52. The number of benzene rings is 1. The average Bonchev–Trinajstić information content (AvgIpc) is 2.46. The van der Waals surface area contributed by atoms with Gasteiger partial charge in [0.25, 0.3) is 0 Å². The molecule has 2 bridgehead atoms. The monoisotopic (exact) mass is 270 g/mol. The lowest BCUT2D eigenvalue weighted by molar-refractivity contribution is -0.0794. The van der Waals surface area contributed by atoms with Crippen molar-refractivity contribution in [1.82, 2.24) is 10.3 Å². The second-order valence-corrected chi connectivity index (χ2v) is 5.94. The summed E-state index contributed by atoms with van der Waals surface area (Å²) < 4.78 is 5.57. The maximum atomic E-state index is 11.2. The number of ether oxygens (including phenoxy) is 1. The van der Waals surface area contributed by atoms with Gasteiger partial charge in [-0.25, -0.2) is 0 Å². The molecular weight excluding hydrogens is 252 g/mol. The minimum absolute atomic E-state index is 0.236. The third-order valence-electron chi connectivity index (χ3n) is 4.46. The Morgan fingerprint density at radius 3 is 2.80 bits per heavy atom. The molecule has 2 aliphatic heterocycles. The fourth-order valence-electron chi connectivity index (χ4n) is 3.66. The van der Waals surface area contributed by atoms with E-state index in [0.717, 1.165) is 16.3 Å². The number of aromatic nitrogens is 1. The second-order valence-electron chi connectivity index (χ2n) is 5.94. The summed E-state index contributed by atoms with van der Waals surface area (Å²) in [6.45, 7) is 1.36. The van der Waals surface area contributed by atoms with Gasteiger partial charge >= 0.3 is 0 Å². The average molecular weight is 270 g/mol. The number of pyridine rings is 1. The Balaban J connectivity index is 1.81. The third kappa shape index (κ3) is 1.92. The van der Waals surface area contributed by atoms with E-state index in [0.29, 0.717) is 26.1 Å². The summed E-state index contributed by atoms with van der Waals surface area (Å²) in [7, 11) is 0. The molecule has 4 rings (SSSR count). The highest BCUT2D eigenvalue weighted by Crippen LogP contribution is 2.39. The fourth-order valence-corrected chi connectivity index (χ4v) is 3.66. The Labute approximate surface area is 117 Å². The molecule has 2 unspecified atom stereocenters. The maximum absolute atomic E-state index is 11.2. The summed E-state index contributed by atoms with van der Waals surface area (Å²) in [5, 5.41) is 16.9. The molecule has 4 nitrogen and oxygen atoms in total. The highest BCUT2D eigenvalue weighted by Gasteiger charge is 2.42. The first-order valence-corrected chi connectivity index (χ1v) is 7.14. The van der Waals surface area contributed by atoms with Crippen LogP contribution in [-0.4, -0.2) is 35.4 Å². The normalized spacial score (nSPS) is 33.2. The number of morpholine rings is 1. The van der Waals surface area contributed by atoms with E-state index in [1.54, 1.807) is 6.20 Å². The van der Waals surface area contributed by atoms with Crippen LogP contribution in [0.2, 0.25) is 0 Å². The highest BCUT2D eigenvalue weighted by molar-refractivity contribution is 5.85. The summed E-state index contributed by atoms with van der Waals surface area (Å²) in [5.74, 6) is 0. The molecule has 0 amide bonds. The minimum atomic E-state index is -0.785. The molecule has 0 aliphatic carbocycles. The highest BCUT2D eigenvalue weighted by atomic mass is 16.5. The van der Waals surface area contributed by atoms with E-state index in [4.69, 9.17) is 4.74 Å². The van der Waals surface area contributed by atoms with Crippen molar-refractivity contribution in [1.29, 1.82) is 0 Å². The van der Waals surface area contributed by atoms with Gasteiger partial charge in [0.05, 0.1) is 18.8 Å².